The molecule has 1 N–H and O–H groups in total. The Morgan fingerprint density at radius 2 is 2.19 bits per heavy atom. The summed E-state index contributed by atoms with van der Waals surface area (Å²) >= 11 is 3.24. The summed E-state index contributed by atoms with van der Waals surface area (Å²) < 4.78 is 22.6. The predicted octanol–water partition coefficient (Wildman–Crippen LogP) is 1.14. The number of anilines is 1. The Hall–Kier alpha value is -0.950. The average Bonchev–Trinajstić information content (AvgIpc) is 2.06. The largest absolute Gasteiger partial charge is 0.310 e. The van der Waals surface area contributed by atoms with Crippen LogP contribution >= 0.6 is 15.9 Å². The molecular formula is C9H11BrN2O3S. The molecule has 0 spiro atoms. The molecule has 1 heterocycles. The highest BCUT2D eigenvalue weighted by Crippen LogP contribution is 2.16. The number of halogens is 1. The van der Waals surface area contributed by atoms with Crippen molar-refractivity contribution >= 4 is 37.5 Å². The summed E-state index contributed by atoms with van der Waals surface area (Å²) in [6.07, 6.45) is 2.54. The van der Waals surface area contributed by atoms with Crippen molar-refractivity contribution in [1.82, 2.24) is 4.98 Å². The molecule has 16 heavy (non-hydrogen) atoms. The Morgan fingerprint density at radius 1 is 1.56 bits per heavy atom. The van der Waals surface area contributed by atoms with Crippen molar-refractivity contribution in [3.8, 4) is 0 Å². The number of hydrogen-bond acceptors (Lipinski definition) is 4. The van der Waals surface area contributed by atoms with Crippen LogP contribution in [0.1, 0.15) is 5.56 Å². The summed E-state index contributed by atoms with van der Waals surface area (Å²) in [6, 6.07) is 1.78. The van der Waals surface area contributed by atoms with Crippen LogP contribution in [-0.4, -0.2) is 31.3 Å². The van der Waals surface area contributed by atoms with E-state index in [-0.39, 0.29) is 0 Å². The molecule has 1 aromatic heterocycles. The molecule has 0 saturated carbocycles. The number of nitrogens with one attached hydrogen (secondary N) is 1. The lowest BCUT2D eigenvalue weighted by Crippen LogP contribution is -2.22. The number of nitrogens with zero attached hydrogens (tertiary/aromatic N) is 1. The number of aryl methyl sites for hydroxylation is 1. The van der Waals surface area contributed by atoms with Crippen molar-refractivity contribution in [3.05, 3.63) is 22.3 Å². The van der Waals surface area contributed by atoms with E-state index >= 15 is 0 Å². The van der Waals surface area contributed by atoms with E-state index < -0.39 is 21.5 Å². The highest BCUT2D eigenvalue weighted by Gasteiger charge is 2.12. The molecule has 0 fully saturated rings. The van der Waals surface area contributed by atoms with Crippen LogP contribution in [0.4, 0.5) is 5.82 Å². The van der Waals surface area contributed by atoms with Crippen LogP contribution in [0.15, 0.2) is 16.7 Å². The second-order valence-electron chi connectivity index (χ2n) is 3.44. The molecule has 0 bridgehead atoms. The van der Waals surface area contributed by atoms with Crippen LogP contribution in [0.3, 0.4) is 0 Å². The molecule has 0 unspecified atom stereocenters. The molecule has 1 aromatic rings. The molecule has 0 atom stereocenters. The van der Waals surface area contributed by atoms with E-state index in [0.717, 1.165) is 16.3 Å². The highest BCUT2D eigenvalue weighted by molar-refractivity contribution is 9.10. The van der Waals surface area contributed by atoms with Crippen molar-refractivity contribution in [2.24, 2.45) is 0 Å². The smallest absolute Gasteiger partial charge is 0.240 e. The van der Waals surface area contributed by atoms with Gasteiger partial charge in [-0.1, -0.05) is 0 Å². The molecule has 0 aromatic carbocycles. The zero-order valence-corrected chi connectivity index (χ0v) is 11.2. The van der Waals surface area contributed by atoms with Crippen molar-refractivity contribution in [1.29, 1.82) is 0 Å². The molecule has 0 aliphatic rings. The minimum atomic E-state index is -3.31. The van der Waals surface area contributed by atoms with E-state index in [1.807, 2.05) is 0 Å². The summed E-state index contributed by atoms with van der Waals surface area (Å²) in [5, 5.41) is 2.44. The van der Waals surface area contributed by atoms with E-state index in [0.29, 0.717) is 5.82 Å². The summed E-state index contributed by atoms with van der Waals surface area (Å²) in [6.45, 7) is 1.77. The third-order valence-electron chi connectivity index (χ3n) is 1.70. The fourth-order valence-corrected chi connectivity index (χ4v) is 2.07. The third kappa shape index (κ3) is 4.28. The average molecular weight is 307 g/mol. The standard InChI is InChI=1S/C9H11BrN2O3S/c1-6-3-7(10)4-11-9(6)12-8(13)5-16(2,14)15/h3-4H,5H2,1-2H3,(H,11,12,13). The van der Waals surface area contributed by atoms with Crippen LogP contribution in [0.5, 0.6) is 0 Å². The summed E-state index contributed by atoms with van der Waals surface area (Å²) in [4.78, 5) is 15.3. The molecule has 1 amide bonds. The van der Waals surface area contributed by atoms with E-state index in [1.165, 1.54) is 6.20 Å². The van der Waals surface area contributed by atoms with Gasteiger partial charge in [0.15, 0.2) is 9.84 Å². The number of rotatable bonds is 3. The van der Waals surface area contributed by atoms with Crippen molar-refractivity contribution < 1.29 is 13.2 Å². The maximum atomic E-state index is 11.3. The summed E-state index contributed by atoms with van der Waals surface area (Å²) in [5.41, 5.74) is 0.760. The Balaban J connectivity index is 2.78. The number of amides is 1. The lowest BCUT2D eigenvalue weighted by atomic mass is 10.3. The van der Waals surface area contributed by atoms with Crippen LogP contribution in [0.25, 0.3) is 0 Å². The minimum Gasteiger partial charge on any atom is -0.310 e. The highest BCUT2D eigenvalue weighted by atomic mass is 79.9. The van der Waals surface area contributed by atoms with Crippen molar-refractivity contribution in [2.45, 2.75) is 6.92 Å². The lowest BCUT2D eigenvalue weighted by molar-refractivity contribution is -0.113. The van der Waals surface area contributed by atoms with Gasteiger partial charge in [-0.25, -0.2) is 13.4 Å². The Kier molecular flexibility index (Phi) is 4.03. The van der Waals surface area contributed by atoms with E-state index in [1.54, 1.807) is 13.0 Å². The van der Waals surface area contributed by atoms with Crippen molar-refractivity contribution in [3.63, 3.8) is 0 Å². The summed E-state index contributed by atoms with van der Waals surface area (Å²) in [5.74, 6) is -0.748. The first-order valence-electron chi connectivity index (χ1n) is 4.37. The van der Waals surface area contributed by atoms with Crippen LogP contribution in [0, 0.1) is 6.92 Å². The van der Waals surface area contributed by atoms with Gasteiger partial charge >= 0.3 is 0 Å². The second kappa shape index (κ2) is 4.92. The number of pyridine rings is 1. The van der Waals surface area contributed by atoms with E-state index in [9.17, 15) is 13.2 Å². The first-order chi connectivity index (χ1) is 7.28. The van der Waals surface area contributed by atoms with Gasteiger partial charge in [0.2, 0.25) is 5.91 Å². The number of carbonyl (C=O) groups excluding carboxylic acids is 1. The monoisotopic (exact) mass is 306 g/mol. The second-order valence-corrected chi connectivity index (χ2v) is 6.49. The molecule has 1 rings (SSSR count). The predicted molar refractivity (Wildman–Crippen MR) is 65.0 cm³/mol. The maximum Gasteiger partial charge on any atom is 0.240 e. The zero-order valence-electron chi connectivity index (χ0n) is 8.82. The first-order valence-corrected chi connectivity index (χ1v) is 7.23. The molecule has 0 radical (unpaired) electrons. The van der Waals surface area contributed by atoms with Crippen molar-refractivity contribution in [2.75, 3.05) is 17.3 Å². The van der Waals surface area contributed by atoms with Gasteiger partial charge in [0.05, 0.1) is 0 Å². The summed E-state index contributed by atoms with van der Waals surface area (Å²) in [7, 11) is -3.31. The molecule has 0 aliphatic heterocycles. The normalized spacial score (nSPS) is 11.2. The van der Waals surface area contributed by atoms with Gasteiger partial charge in [-0.3, -0.25) is 4.79 Å². The fraction of sp³-hybridized carbons (Fsp3) is 0.333. The number of sulfone groups is 1. The van der Waals surface area contributed by atoms with Gasteiger partial charge in [-0.2, -0.15) is 0 Å². The topological polar surface area (TPSA) is 76.1 Å². The number of hydrogen-bond donors (Lipinski definition) is 1. The quantitative estimate of drug-likeness (QED) is 0.908. The van der Waals surface area contributed by atoms with Gasteiger partial charge in [0.25, 0.3) is 0 Å². The van der Waals surface area contributed by atoms with Gasteiger partial charge < -0.3 is 5.32 Å². The molecular weight excluding hydrogens is 296 g/mol. The SMILES string of the molecule is Cc1cc(Br)cnc1NC(=O)CS(C)(=O)=O. The molecule has 0 aliphatic carbocycles. The third-order valence-corrected chi connectivity index (χ3v) is 2.92. The van der Waals surface area contributed by atoms with E-state index in [2.05, 4.69) is 26.2 Å². The zero-order chi connectivity index (χ0) is 12.3. The number of carbonyl (C=O) groups is 1. The van der Waals surface area contributed by atoms with Gasteiger partial charge in [-0.15, -0.1) is 0 Å². The molecule has 0 saturated heterocycles. The van der Waals surface area contributed by atoms with Gasteiger partial charge in [-0.05, 0) is 34.5 Å². The Morgan fingerprint density at radius 3 is 2.69 bits per heavy atom. The minimum absolute atomic E-state index is 0.372. The molecule has 7 heteroatoms. The van der Waals surface area contributed by atoms with Crippen LogP contribution < -0.4 is 5.32 Å². The van der Waals surface area contributed by atoms with Crippen LogP contribution in [-0.2, 0) is 14.6 Å². The lowest BCUT2D eigenvalue weighted by Gasteiger charge is -2.06. The maximum absolute atomic E-state index is 11.3. The molecule has 88 valence electrons. The Labute approximate surface area is 102 Å². The van der Waals surface area contributed by atoms with Gasteiger partial charge in [0.1, 0.15) is 11.6 Å². The van der Waals surface area contributed by atoms with E-state index in [4.69, 9.17) is 0 Å². The first kappa shape index (κ1) is 13.1. The Bertz CT molecular complexity index is 513. The molecule has 5 nitrogen and oxygen atoms in total. The van der Waals surface area contributed by atoms with Crippen LogP contribution in [0.2, 0.25) is 0 Å². The van der Waals surface area contributed by atoms with Gasteiger partial charge in [0, 0.05) is 16.9 Å². The fourth-order valence-electron chi connectivity index (χ4n) is 1.08. The number of aromatic nitrogens is 1.